The highest BCUT2D eigenvalue weighted by Gasteiger charge is 2.19. The SMILES string of the molecule is CCCCCCC/C=C\C/C=C\C/C=C\CCCCCCCCCCC(=O)OCC(COC(=O)CCCCCCCCCCCCCCCCCCC)OC(=O)CCCCCCCCC/C=C\CCCCCCCCC. The first-order chi connectivity index (χ1) is 37.5. The zero-order chi connectivity index (χ0) is 55.0. The molecule has 0 aromatic heterocycles. The summed E-state index contributed by atoms with van der Waals surface area (Å²) in [4.78, 5) is 38.4. The van der Waals surface area contributed by atoms with E-state index < -0.39 is 6.10 Å². The lowest BCUT2D eigenvalue weighted by molar-refractivity contribution is -0.167. The Labute approximate surface area is 473 Å². The van der Waals surface area contributed by atoms with Gasteiger partial charge in [0.1, 0.15) is 13.2 Å². The molecule has 6 nitrogen and oxygen atoms in total. The van der Waals surface area contributed by atoms with Crippen molar-refractivity contribution in [1.29, 1.82) is 0 Å². The van der Waals surface area contributed by atoms with Gasteiger partial charge < -0.3 is 14.2 Å². The number of carbonyl (C=O) groups is 3. The Morgan fingerprint density at radius 1 is 0.263 bits per heavy atom. The third-order valence-electron chi connectivity index (χ3n) is 15.1. The quantitative estimate of drug-likeness (QED) is 0.0261. The molecule has 0 aromatic carbocycles. The molecule has 0 saturated heterocycles. The fourth-order valence-electron chi connectivity index (χ4n) is 9.98. The first-order valence-electron chi connectivity index (χ1n) is 33.6. The molecule has 0 rings (SSSR count). The fourth-order valence-corrected chi connectivity index (χ4v) is 9.98. The van der Waals surface area contributed by atoms with Crippen LogP contribution in [0.2, 0.25) is 0 Å². The summed E-state index contributed by atoms with van der Waals surface area (Å²) >= 11 is 0. The van der Waals surface area contributed by atoms with E-state index >= 15 is 0 Å². The molecule has 0 aliphatic carbocycles. The largest absolute Gasteiger partial charge is 0.462 e. The van der Waals surface area contributed by atoms with E-state index in [0.29, 0.717) is 19.3 Å². The van der Waals surface area contributed by atoms with Gasteiger partial charge >= 0.3 is 17.9 Å². The predicted octanol–water partition coefficient (Wildman–Crippen LogP) is 22.9. The Morgan fingerprint density at radius 2 is 0.474 bits per heavy atom. The summed E-state index contributed by atoms with van der Waals surface area (Å²) in [5, 5.41) is 0. The Hall–Kier alpha value is -2.63. The second-order valence-electron chi connectivity index (χ2n) is 22.7. The van der Waals surface area contributed by atoms with Gasteiger partial charge in [-0.05, 0) is 83.5 Å². The number of hydrogen-bond donors (Lipinski definition) is 0. The maximum Gasteiger partial charge on any atom is 0.306 e. The van der Waals surface area contributed by atoms with E-state index in [1.807, 2.05) is 0 Å². The van der Waals surface area contributed by atoms with Crippen LogP contribution in [0.15, 0.2) is 48.6 Å². The van der Waals surface area contributed by atoms with Crippen LogP contribution in [0.3, 0.4) is 0 Å². The first kappa shape index (κ1) is 73.4. The lowest BCUT2D eigenvalue weighted by Crippen LogP contribution is -2.30. The van der Waals surface area contributed by atoms with E-state index in [9.17, 15) is 14.4 Å². The summed E-state index contributed by atoms with van der Waals surface area (Å²) < 4.78 is 17.0. The van der Waals surface area contributed by atoms with Gasteiger partial charge in [-0.3, -0.25) is 14.4 Å². The molecule has 0 aromatic rings. The summed E-state index contributed by atoms with van der Waals surface area (Å²) in [6.07, 6.45) is 81.1. The molecule has 0 bridgehead atoms. The number of esters is 3. The van der Waals surface area contributed by atoms with Crippen molar-refractivity contribution in [3.05, 3.63) is 48.6 Å². The van der Waals surface area contributed by atoms with Crippen LogP contribution >= 0.6 is 0 Å². The topological polar surface area (TPSA) is 78.9 Å². The molecule has 444 valence electrons. The Balaban J connectivity index is 4.34. The lowest BCUT2D eigenvalue weighted by Gasteiger charge is -2.18. The summed E-state index contributed by atoms with van der Waals surface area (Å²) in [5.74, 6) is -0.861. The minimum Gasteiger partial charge on any atom is -0.462 e. The number of allylic oxidation sites excluding steroid dienone is 8. The monoisotopic (exact) mass is 1060 g/mol. The van der Waals surface area contributed by atoms with Crippen LogP contribution in [-0.4, -0.2) is 37.2 Å². The zero-order valence-electron chi connectivity index (χ0n) is 51.0. The molecule has 1 atom stereocenters. The number of rotatable bonds is 62. The number of unbranched alkanes of at least 4 members (excludes halogenated alkanes) is 43. The zero-order valence-corrected chi connectivity index (χ0v) is 51.0. The maximum absolute atomic E-state index is 12.9. The average molecular weight is 1070 g/mol. The molecule has 0 aliphatic rings. The van der Waals surface area contributed by atoms with Gasteiger partial charge in [-0.2, -0.15) is 0 Å². The molecule has 0 aliphatic heterocycles. The van der Waals surface area contributed by atoms with Gasteiger partial charge in [0.05, 0.1) is 0 Å². The highest BCUT2D eigenvalue weighted by molar-refractivity contribution is 5.71. The van der Waals surface area contributed by atoms with Crippen LogP contribution in [0.1, 0.15) is 361 Å². The van der Waals surface area contributed by atoms with Gasteiger partial charge in [0.15, 0.2) is 6.10 Å². The summed E-state index contributed by atoms with van der Waals surface area (Å²) in [6, 6.07) is 0. The minimum atomic E-state index is -0.778. The van der Waals surface area contributed by atoms with Crippen molar-refractivity contribution in [1.82, 2.24) is 0 Å². The molecular weight excluding hydrogens is 937 g/mol. The van der Waals surface area contributed by atoms with Crippen molar-refractivity contribution in [3.63, 3.8) is 0 Å². The molecule has 76 heavy (non-hydrogen) atoms. The molecule has 0 N–H and O–H groups in total. The second-order valence-corrected chi connectivity index (χ2v) is 22.7. The Bertz CT molecular complexity index is 1310. The van der Waals surface area contributed by atoms with E-state index in [4.69, 9.17) is 14.2 Å². The lowest BCUT2D eigenvalue weighted by atomic mass is 10.0. The second kappa shape index (κ2) is 64.9. The molecule has 0 spiro atoms. The normalized spacial score (nSPS) is 12.3. The molecule has 0 amide bonds. The molecule has 0 fully saturated rings. The number of hydrogen-bond acceptors (Lipinski definition) is 6. The van der Waals surface area contributed by atoms with Crippen LogP contribution in [-0.2, 0) is 28.6 Å². The van der Waals surface area contributed by atoms with E-state index in [1.165, 1.54) is 244 Å². The van der Waals surface area contributed by atoms with Crippen LogP contribution in [0, 0.1) is 0 Å². The van der Waals surface area contributed by atoms with Crippen molar-refractivity contribution in [2.75, 3.05) is 13.2 Å². The third-order valence-corrected chi connectivity index (χ3v) is 15.1. The van der Waals surface area contributed by atoms with Crippen molar-refractivity contribution in [3.8, 4) is 0 Å². The molecule has 0 heterocycles. The van der Waals surface area contributed by atoms with Crippen LogP contribution in [0.5, 0.6) is 0 Å². The smallest absolute Gasteiger partial charge is 0.306 e. The number of carbonyl (C=O) groups excluding carboxylic acids is 3. The standard InChI is InChI=1S/C70H128O6/c1-4-7-10-13-16-19-22-25-28-31-33-34-35-36-37-40-42-45-48-51-54-57-60-63-69(72)75-66-67(65-74-68(71)62-59-56-53-50-47-44-41-38-30-27-24-21-18-15-12-9-6-3)76-70(73)64-61-58-55-52-49-46-43-39-32-29-26-23-20-17-14-11-8-5-2/h22,25,29,31-33,35-36,67H,4-21,23-24,26-28,30,34,37-66H2,1-3H3/b25-22-,32-29-,33-31-,36-35-. The molecule has 0 radical (unpaired) electrons. The van der Waals surface area contributed by atoms with Crippen LogP contribution in [0.4, 0.5) is 0 Å². The predicted molar refractivity (Wildman–Crippen MR) is 330 cm³/mol. The van der Waals surface area contributed by atoms with Gasteiger partial charge in [0.25, 0.3) is 0 Å². The van der Waals surface area contributed by atoms with Crippen molar-refractivity contribution < 1.29 is 28.6 Å². The minimum absolute atomic E-state index is 0.0732. The molecule has 1 unspecified atom stereocenters. The van der Waals surface area contributed by atoms with E-state index in [-0.39, 0.29) is 31.1 Å². The Morgan fingerprint density at radius 3 is 0.750 bits per heavy atom. The van der Waals surface area contributed by atoms with E-state index in [2.05, 4.69) is 69.4 Å². The van der Waals surface area contributed by atoms with Gasteiger partial charge in [-0.1, -0.05) is 307 Å². The molecule has 0 saturated carbocycles. The average Bonchev–Trinajstić information content (AvgIpc) is 3.42. The first-order valence-corrected chi connectivity index (χ1v) is 33.6. The number of ether oxygens (including phenoxy) is 3. The molecular formula is C70H128O6. The molecule has 6 heteroatoms. The summed E-state index contributed by atoms with van der Waals surface area (Å²) in [5.41, 5.74) is 0. The highest BCUT2D eigenvalue weighted by atomic mass is 16.6. The fraction of sp³-hybridized carbons (Fsp3) is 0.843. The van der Waals surface area contributed by atoms with E-state index in [1.54, 1.807) is 0 Å². The van der Waals surface area contributed by atoms with Gasteiger partial charge in [-0.15, -0.1) is 0 Å². The highest BCUT2D eigenvalue weighted by Crippen LogP contribution is 2.17. The third kappa shape index (κ3) is 62.2. The van der Waals surface area contributed by atoms with E-state index in [0.717, 1.165) is 77.0 Å². The van der Waals surface area contributed by atoms with Crippen LogP contribution in [0.25, 0.3) is 0 Å². The maximum atomic E-state index is 12.9. The van der Waals surface area contributed by atoms with Gasteiger partial charge in [-0.25, -0.2) is 0 Å². The summed E-state index contributed by atoms with van der Waals surface area (Å²) in [6.45, 7) is 6.68. The van der Waals surface area contributed by atoms with Crippen LogP contribution < -0.4 is 0 Å². The summed E-state index contributed by atoms with van der Waals surface area (Å²) in [7, 11) is 0. The van der Waals surface area contributed by atoms with Crippen molar-refractivity contribution in [2.24, 2.45) is 0 Å². The Kier molecular flexibility index (Phi) is 62.6. The van der Waals surface area contributed by atoms with Gasteiger partial charge in [0, 0.05) is 19.3 Å². The van der Waals surface area contributed by atoms with Crippen molar-refractivity contribution >= 4 is 17.9 Å². The van der Waals surface area contributed by atoms with Gasteiger partial charge in [0.2, 0.25) is 0 Å². The van der Waals surface area contributed by atoms with Crippen molar-refractivity contribution in [2.45, 2.75) is 367 Å².